The van der Waals surface area contributed by atoms with Gasteiger partial charge in [-0.2, -0.15) is 0 Å². The van der Waals surface area contributed by atoms with E-state index in [9.17, 15) is 14.7 Å². The van der Waals surface area contributed by atoms with Crippen molar-refractivity contribution in [3.05, 3.63) is 35.4 Å². The Balaban J connectivity index is 1.26. The van der Waals surface area contributed by atoms with E-state index in [1.165, 1.54) is 29.3 Å². The molecule has 3 N–H and O–H groups in total. The number of ketones is 2. The second-order valence-electron chi connectivity index (χ2n) is 8.28. The number of hydrogen-bond donors (Lipinski definition) is 3. The van der Waals surface area contributed by atoms with Gasteiger partial charge in [-0.05, 0) is 49.1 Å². The molecule has 0 bridgehead atoms. The monoisotopic (exact) mass is 434 g/mol. The van der Waals surface area contributed by atoms with Crippen LogP contribution in [0.2, 0.25) is 0 Å². The second-order valence-corrected chi connectivity index (χ2v) is 10.5. The minimum Gasteiger partial charge on any atom is -0.395 e. The Kier molecular flexibility index (Phi) is 7.34. The molecule has 2 heterocycles. The Morgan fingerprint density at radius 2 is 1.83 bits per heavy atom. The minimum atomic E-state index is -0.416. The predicted octanol–water partition coefficient (Wildman–Crippen LogP) is 2.15. The average molecular weight is 435 g/mol. The van der Waals surface area contributed by atoms with Gasteiger partial charge in [0.15, 0.2) is 5.78 Å². The smallest absolute Gasteiger partial charge is 0.165 e. The predicted molar refractivity (Wildman–Crippen MR) is 119 cm³/mol. The van der Waals surface area contributed by atoms with Gasteiger partial charge in [-0.25, -0.2) is 0 Å². The van der Waals surface area contributed by atoms with Gasteiger partial charge < -0.3 is 10.4 Å². The Labute approximate surface area is 181 Å². The molecule has 5 nitrogen and oxygen atoms in total. The fourth-order valence-electron chi connectivity index (χ4n) is 4.77. The second kappa shape index (κ2) is 9.96. The zero-order valence-electron chi connectivity index (χ0n) is 16.6. The maximum absolute atomic E-state index is 13.0. The van der Waals surface area contributed by atoms with Gasteiger partial charge >= 0.3 is 0 Å². The first-order valence-electron chi connectivity index (χ1n) is 10.6. The lowest BCUT2D eigenvalue weighted by molar-refractivity contribution is -0.125. The first-order valence-corrected chi connectivity index (χ1v) is 12.7. The summed E-state index contributed by atoms with van der Waals surface area (Å²) in [5.41, 5.74) is 2.95. The molecular weight excluding hydrogens is 404 g/mol. The number of aryl methyl sites for hydroxylation is 1. The van der Waals surface area contributed by atoms with Crippen LogP contribution in [0.25, 0.3) is 0 Å². The highest BCUT2D eigenvalue weighted by Gasteiger charge is 2.44. The van der Waals surface area contributed by atoms with E-state index in [2.05, 4.69) is 34.9 Å². The van der Waals surface area contributed by atoms with Crippen LogP contribution >= 0.6 is 23.5 Å². The Bertz CT molecular complexity index is 745. The maximum Gasteiger partial charge on any atom is 0.165 e. The fourth-order valence-corrected chi connectivity index (χ4v) is 7.17. The van der Waals surface area contributed by atoms with Gasteiger partial charge in [-0.15, -0.1) is 23.5 Å². The highest BCUT2D eigenvalue weighted by Crippen LogP contribution is 2.32. The van der Waals surface area contributed by atoms with Crippen LogP contribution in [0.5, 0.6) is 0 Å². The molecule has 2 fully saturated rings. The van der Waals surface area contributed by atoms with E-state index in [0.717, 1.165) is 25.7 Å². The van der Waals surface area contributed by atoms with Crippen LogP contribution in [-0.4, -0.2) is 57.6 Å². The summed E-state index contributed by atoms with van der Waals surface area (Å²) in [6.45, 7) is -0.0492. The first kappa shape index (κ1) is 21.4. The van der Waals surface area contributed by atoms with Gasteiger partial charge in [-0.3, -0.25) is 14.9 Å². The molecule has 1 aliphatic carbocycles. The third-order valence-electron chi connectivity index (χ3n) is 6.43. The number of carbonyl (C=O) groups is 2. The molecule has 2 saturated heterocycles. The molecule has 2 aliphatic heterocycles. The molecule has 1 aromatic rings. The molecule has 0 aromatic heterocycles. The van der Waals surface area contributed by atoms with E-state index >= 15 is 0 Å². The number of Topliss-reactive ketones (excluding diaryl/α,β-unsaturated/α-hetero) is 2. The van der Waals surface area contributed by atoms with Crippen molar-refractivity contribution in [2.45, 2.75) is 61.1 Å². The van der Waals surface area contributed by atoms with E-state index in [4.69, 9.17) is 0 Å². The summed E-state index contributed by atoms with van der Waals surface area (Å²) in [4.78, 5) is 25.9. The molecule has 7 heteroatoms. The SMILES string of the molecule is O=C(CCC[C@H]1CCc2ccccc2C1)C1SCN[C@@H]1C(=O)C1SCN[C@@H]1CO. The average Bonchev–Trinajstić information content (AvgIpc) is 3.42. The summed E-state index contributed by atoms with van der Waals surface area (Å²) < 4.78 is 0. The number of carbonyl (C=O) groups excluding carboxylic acids is 2. The highest BCUT2D eigenvalue weighted by atomic mass is 32.2. The number of aliphatic hydroxyl groups excluding tert-OH is 1. The van der Waals surface area contributed by atoms with E-state index in [0.29, 0.717) is 24.1 Å². The van der Waals surface area contributed by atoms with Gasteiger partial charge in [0.25, 0.3) is 0 Å². The van der Waals surface area contributed by atoms with Crippen LogP contribution in [0, 0.1) is 5.92 Å². The first-order chi connectivity index (χ1) is 14.2. The number of benzene rings is 1. The molecule has 3 aliphatic rings. The van der Waals surface area contributed by atoms with Crippen molar-refractivity contribution in [2.24, 2.45) is 5.92 Å². The number of rotatable bonds is 8. The molecule has 0 saturated carbocycles. The molecule has 158 valence electrons. The number of nitrogens with one attached hydrogen (secondary N) is 2. The normalized spacial score (nSPS) is 31.6. The lowest BCUT2D eigenvalue weighted by Crippen LogP contribution is -2.50. The molecule has 0 amide bonds. The summed E-state index contributed by atoms with van der Waals surface area (Å²) in [6, 6.07) is 8.08. The molecule has 2 unspecified atom stereocenters. The summed E-state index contributed by atoms with van der Waals surface area (Å²) in [7, 11) is 0. The number of fused-ring (bicyclic) bond motifs is 1. The third-order valence-corrected chi connectivity index (χ3v) is 8.91. The van der Waals surface area contributed by atoms with E-state index in [-0.39, 0.29) is 34.7 Å². The van der Waals surface area contributed by atoms with Crippen LogP contribution < -0.4 is 10.6 Å². The minimum absolute atomic E-state index is 0.0492. The van der Waals surface area contributed by atoms with Crippen molar-refractivity contribution < 1.29 is 14.7 Å². The van der Waals surface area contributed by atoms with E-state index < -0.39 is 6.04 Å². The summed E-state index contributed by atoms with van der Waals surface area (Å²) in [5, 5.41) is 15.3. The third kappa shape index (κ3) is 4.90. The number of thioether (sulfide) groups is 2. The van der Waals surface area contributed by atoms with Gasteiger partial charge in [0.05, 0.1) is 23.1 Å². The molecule has 29 heavy (non-hydrogen) atoms. The van der Waals surface area contributed by atoms with Gasteiger partial charge in [0.2, 0.25) is 0 Å². The Morgan fingerprint density at radius 3 is 2.66 bits per heavy atom. The topological polar surface area (TPSA) is 78.4 Å². The van der Waals surface area contributed by atoms with Crippen LogP contribution in [-0.2, 0) is 22.4 Å². The number of hydrogen-bond acceptors (Lipinski definition) is 7. The van der Waals surface area contributed by atoms with Crippen molar-refractivity contribution in [3.8, 4) is 0 Å². The van der Waals surface area contributed by atoms with Crippen molar-refractivity contribution in [3.63, 3.8) is 0 Å². The van der Waals surface area contributed by atoms with Gasteiger partial charge in [-0.1, -0.05) is 24.3 Å². The summed E-state index contributed by atoms with van der Waals surface area (Å²) >= 11 is 3.09. The zero-order chi connectivity index (χ0) is 20.2. The molecule has 0 spiro atoms. The quantitative estimate of drug-likeness (QED) is 0.579. The largest absolute Gasteiger partial charge is 0.395 e. The molecular formula is C22H30N2O3S2. The standard InChI is InChI=1S/C22H30N2O3S2/c25-11-17-21(28-12-23-17)20(27)19-22(29-13-24-19)18(26)7-3-4-14-8-9-15-5-1-2-6-16(15)10-14/h1-2,5-6,14,17,19,21-25H,3-4,7-13H2/t14-,17+,19+,21?,22?/m0/s1. The molecule has 1 aromatic carbocycles. The van der Waals surface area contributed by atoms with Crippen molar-refractivity contribution in [1.29, 1.82) is 0 Å². The lowest BCUT2D eigenvalue weighted by atomic mass is 9.81. The van der Waals surface area contributed by atoms with Crippen molar-refractivity contribution in [1.82, 2.24) is 10.6 Å². The van der Waals surface area contributed by atoms with Gasteiger partial charge in [0, 0.05) is 24.2 Å². The van der Waals surface area contributed by atoms with Crippen LogP contribution in [0.15, 0.2) is 24.3 Å². The molecule has 0 radical (unpaired) electrons. The highest BCUT2D eigenvalue weighted by molar-refractivity contribution is 8.01. The summed E-state index contributed by atoms with van der Waals surface area (Å²) in [6.07, 6.45) is 6.02. The van der Waals surface area contributed by atoms with E-state index in [1.54, 1.807) is 11.8 Å². The van der Waals surface area contributed by atoms with Gasteiger partial charge in [0.1, 0.15) is 5.78 Å². The van der Waals surface area contributed by atoms with Crippen LogP contribution in [0.3, 0.4) is 0 Å². The fraction of sp³-hybridized carbons (Fsp3) is 0.636. The Morgan fingerprint density at radius 1 is 1.07 bits per heavy atom. The maximum atomic E-state index is 13.0. The van der Waals surface area contributed by atoms with Crippen LogP contribution in [0.1, 0.15) is 36.8 Å². The number of aliphatic hydroxyl groups is 1. The summed E-state index contributed by atoms with van der Waals surface area (Å²) in [5.74, 6) is 2.24. The van der Waals surface area contributed by atoms with Crippen LogP contribution in [0.4, 0.5) is 0 Å². The van der Waals surface area contributed by atoms with E-state index in [1.807, 2.05) is 0 Å². The Hall–Kier alpha value is -0.860. The van der Waals surface area contributed by atoms with Crippen molar-refractivity contribution >= 4 is 35.1 Å². The van der Waals surface area contributed by atoms with Crippen molar-refractivity contribution in [2.75, 3.05) is 18.4 Å². The zero-order valence-corrected chi connectivity index (χ0v) is 18.3. The lowest BCUT2D eigenvalue weighted by Gasteiger charge is -2.25. The molecule has 4 rings (SSSR count). The molecule has 5 atom stereocenters.